The number of carbonyl (C=O) groups excluding carboxylic acids is 2. The fourth-order valence-corrected chi connectivity index (χ4v) is 4.16. The molecule has 0 spiro atoms. The van der Waals surface area contributed by atoms with Gasteiger partial charge >= 0.3 is 5.97 Å². The molecule has 3 aromatic rings. The van der Waals surface area contributed by atoms with Crippen LogP contribution in [0.5, 0.6) is 5.75 Å². The first kappa shape index (κ1) is 26.4. The van der Waals surface area contributed by atoms with Crippen LogP contribution in [0.4, 0.5) is 8.78 Å². The van der Waals surface area contributed by atoms with Gasteiger partial charge in [-0.3, -0.25) is 14.2 Å². The van der Waals surface area contributed by atoms with E-state index in [1.165, 1.54) is 39.0 Å². The van der Waals surface area contributed by atoms with Crippen LogP contribution in [0, 0.1) is 18.6 Å². The van der Waals surface area contributed by atoms with Crippen LogP contribution in [0.2, 0.25) is 10.0 Å². The van der Waals surface area contributed by atoms with Crippen molar-refractivity contribution in [1.29, 1.82) is 0 Å². The van der Waals surface area contributed by atoms with Gasteiger partial charge in [-0.2, -0.15) is 0 Å². The van der Waals surface area contributed by atoms with Gasteiger partial charge in [0.15, 0.2) is 17.4 Å². The Labute approximate surface area is 209 Å². The number of aromatic hydroxyl groups is 1. The number of carboxylic acids is 1. The third-order valence-electron chi connectivity index (χ3n) is 6.18. The van der Waals surface area contributed by atoms with Crippen LogP contribution >= 0.6 is 23.2 Å². The number of benzene rings is 2. The average molecular weight is 527 g/mol. The maximum Gasteiger partial charge on any atom is 0.329 e. The summed E-state index contributed by atoms with van der Waals surface area (Å²) in [6, 6.07) is 4.85. The number of hydrogen-bond donors (Lipinski definition) is 3. The molecular weight excluding hydrogens is 505 g/mol. The number of nitrogens with zero attached hydrogens (tertiary/aromatic N) is 1. The van der Waals surface area contributed by atoms with Crippen molar-refractivity contribution >= 4 is 51.9 Å². The first-order valence-corrected chi connectivity index (χ1v) is 11.3. The minimum Gasteiger partial charge on any atom is -0.503 e. The van der Waals surface area contributed by atoms with E-state index >= 15 is 4.39 Å². The van der Waals surface area contributed by atoms with Crippen molar-refractivity contribution in [2.24, 2.45) is 0 Å². The highest BCUT2D eigenvalue weighted by molar-refractivity contribution is 6.42. The highest BCUT2D eigenvalue weighted by Crippen LogP contribution is 2.39. The predicted octanol–water partition coefficient (Wildman–Crippen LogP) is 5.40. The zero-order valence-electron chi connectivity index (χ0n) is 19.2. The molecular formula is C24H22Cl2F2N2O5. The molecule has 1 unspecified atom stereocenters. The van der Waals surface area contributed by atoms with Crippen molar-refractivity contribution in [2.75, 3.05) is 0 Å². The largest absolute Gasteiger partial charge is 0.503 e. The van der Waals surface area contributed by atoms with E-state index in [2.05, 4.69) is 5.32 Å². The van der Waals surface area contributed by atoms with Gasteiger partial charge in [0.1, 0.15) is 5.54 Å². The second kappa shape index (κ2) is 9.47. The first-order valence-electron chi connectivity index (χ1n) is 10.5. The Bertz CT molecular complexity index is 1390. The van der Waals surface area contributed by atoms with E-state index in [1.54, 1.807) is 6.92 Å². The van der Waals surface area contributed by atoms with Gasteiger partial charge in [-0.25, -0.2) is 13.6 Å². The number of nitrogens with one attached hydrogen (secondary N) is 1. The molecule has 186 valence electrons. The Hall–Kier alpha value is -3.17. The second-order valence-electron chi connectivity index (χ2n) is 8.39. The minimum absolute atomic E-state index is 0.0115. The van der Waals surface area contributed by atoms with E-state index < -0.39 is 46.6 Å². The number of phenolic OH excluding ortho intramolecular Hbond substituents is 1. The van der Waals surface area contributed by atoms with Gasteiger partial charge in [0.25, 0.3) is 5.91 Å². The van der Waals surface area contributed by atoms with E-state index in [-0.39, 0.29) is 44.2 Å². The number of halogens is 4. The quantitative estimate of drug-likeness (QED) is 0.398. The van der Waals surface area contributed by atoms with Gasteiger partial charge in [0.05, 0.1) is 21.5 Å². The summed E-state index contributed by atoms with van der Waals surface area (Å²) >= 11 is 11.9. The number of rotatable bonds is 6. The van der Waals surface area contributed by atoms with E-state index in [9.17, 15) is 29.0 Å². The molecule has 0 aliphatic rings. The molecule has 11 heteroatoms. The normalized spacial score (nSPS) is 13.9. The van der Waals surface area contributed by atoms with Crippen LogP contribution < -0.4 is 5.32 Å². The van der Waals surface area contributed by atoms with Crippen LogP contribution in [0.1, 0.15) is 54.7 Å². The highest BCUT2D eigenvalue weighted by atomic mass is 35.5. The number of carbonyl (C=O) groups is 3. The molecule has 0 aliphatic carbocycles. The lowest BCUT2D eigenvalue weighted by molar-refractivity contribution is -0.147. The van der Waals surface area contributed by atoms with Gasteiger partial charge in [0.2, 0.25) is 5.91 Å². The molecule has 0 bridgehead atoms. The van der Waals surface area contributed by atoms with Crippen molar-refractivity contribution in [2.45, 2.75) is 45.6 Å². The molecule has 3 N–H and O–H groups in total. The summed E-state index contributed by atoms with van der Waals surface area (Å²) in [6.07, 6.45) is 0.0672. The molecule has 2 aromatic carbocycles. The van der Waals surface area contributed by atoms with E-state index in [4.69, 9.17) is 23.2 Å². The summed E-state index contributed by atoms with van der Waals surface area (Å²) in [4.78, 5) is 38.1. The fourth-order valence-electron chi connectivity index (χ4n) is 3.86. The summed E-state index contributed by atoms with van der Waals surface area (Å²) in [6.45, 7) is 5.72. The average Bonchev–Trinajstić information content (AvgIpc) is 3.09. The van der Waals surface area contributed by atoms with E-state index in [0.717, 1.165) is 10.6 Å². The molecule has 0 fully saturated rings. The summed E-state index contributed by atoms with van der Waals surface area (Å²) in [5, 5.41) is 21.8. The van der Waals surface area contributed by atoms with Crippen LogP contribution in [-0.4, -0.2) is 38.1 Å². The lowest BCUT2D eigenvalue weighted by atomic mass is 9.93. The van der Waals surface area contributed by atoms with Crippen LogP contribution in [-0.2, 0) is 9.59 Å². The molecule has 2 atom stereocenters. The van der Waals surface area contributed by atoms with Gasteiger partial charge in [-0.15, -0.1) is 0 Å². The molecule has 0 saturated carbocycles. The molecule has 0 radical (unpaired) electrons. The Kier molecular flexibility index (Phi) is 7.15. The number of fused-ring (bicyclic) bond motifs is 1. The molecule has 0 aliphatic heterocycles. The number of aromatic nitrogens is 1. The summed E-state index contributed by atoms with van der Waals surface area (Å²) in [7, 11) is 0. The Morgan fingerprint density at radius 3 is 2.34 bits per heavy atom. The highest BCUT2D eigenvalue weighted by Gasteiger charge is 2.37. The Morgan fingerprint density at radius 1 is 1.17 bits per heavy atom. The third kappa shape index (κ3) is 4.46. The maximum absolute atomic E-state index is 15.2. The van der Waals surface area contributed by atoms with Gasteiger partial charge in [0, 0.05) is 22.7 Å². The Balaban J connectivity index is 2.26. The molecule has 35 heavy (non-hydrogen) atoms. The zero-order valence-corrected chi connectivity index (χ0v) is 20.7. The fraction of sp³-hybridized carbons (Fsp3) is 0.292. The van der Waals surface area contributed by atoms with Crippen LogP contribution in [0.15, 0.2) is 24.3 Å². The van der Waals surface area contributed by atoms with Crippen molar-refractivity contribution < 1.29 is 33.4 Å². The van der Waals surface area contributed by atoms with Crippen molar-refractivity contribution in [3.63, 3.8) is 0 Å². The van der Waals surface area contributed by atoms with Gasteiger partial charge in [-0.1, -0.05) is 30.1 Å². The first-order chi connectivity index (χ1) is 16.2. The molecule has 3 rings (SSSR count). The predicted molar refractivity (Wildman–Crippen MR) is 127 cm³/mol. The smallest absolute Gasteiger partial charge is 0.329 e. The van der Waals surface area contributed by atoms with E-state index in [1.807, 2.05) is 0 Å². The van der Waals surface area contributed by atoms with Gasteiger partial charge in [-0.05, 0) is 51.0 Å². The molecule has 1 aromatic heterocycles. The van der Waals surface area contributed by atoms with Crippen LogP contribution in [0.25, 0.3) is 10.9 Å². The molecule has 1 amide bonds. The minimum atomic E-state index is -1.60. The van der Waals surface area contributed by atoms with E-state index in [0.29, 0.717) is 0 Å². The maximum atomic E-state index is 15.2. The van der Waals surface area contributed by atoms with Crippen molar-refractivity contribution in [3.8, 4) is 5.75 Å². The van der Waals surface area contributed by atoms with Crippen molar-refractivity contribution in [3.05, 3.63) is 62.8 Å². The molecule has 7 nitrogen and oxygen atoms in total. The topological polar surface area (TPSA) is 109 Å². The number of phenols is 1. The molecule has 0 saturated heterocycles. The summed E-state index contributed by atoms with van der Waals surface area (Å²) in [5.41, 5.74) is -1.68. The monoisotopic (exact) mass is 526 g/mol. The number of carboxylic acid groups (broad SMARTS) is 1. The van der Waals surface area contributed by atoms with Gasteiger partial charge < -0.3 is 15.5 Å². The summed E-state index contributed by atoms with van der Waals surface area (Å²) in [5.74, 6) is -7.83. The lowest BCUT2D eigenvalue weighted by Gasteiger charge is -2.26. The third-order valence-corrected chi connectivity index (χ3v) is 6.92. The van der Waals surface area contributed by atoms with Crippen LogP contribution in [0.3, 0.4) is 0 Å². The zero-order chi connectivity index (χ0) is 26.4. The SMILES string of the molecule is CCC(C)(NC(=O)[C@H](C)c1c(C)n(C(=O)c2ccc(Cl)c(Cl)c2)c2cc(F)c(O)c(F)c12)C(=O)O. The van der Waals surface area contributed by atoms with Crippen molar-refractivity contribution in [1.82, 2.24) is 9.88 Å². The number of hydrogen-bond acceptors (Lipinski definition) is 4. The standard InChI is InChI=1S/C24H22Cl2F2N2O5/c1-5-24(4,23(34)35)29-21(32)10(2)17-11(3)30(16-9-15(27)20(31)19(28)18(16)17)22(33)12-6-7-13(25)14(26)8-12/h6-10,31H,5H2,1-4H3,(H,29,32)(H,34,35)/t10-,24?/m1/s1. The second-order valence-corrected chi connectivity index (χ2v) is 9.20. The molecule has 1 heterocycles. The number of aliphatic carboxylic acids is 1. The lowest BCUT2D eigenvalue weighted by Crippen LogP contribution is -2.52. The Morgan fingerprint density at radius 2 is 1.80 bits per heavy atom. The summed E-state index contributed by atoms with van der Waals surface area (Å²) < 4.78 is 30.5. The number of amides is 1.